The molecule has 7 fully saturated rings. The van der Waals surface area contributed by atoms with Crippen molar-refractivity contribution in [1.82, 2.24) is 0 Å². The van der Waals surface area contributed by atoms with Gasteiger partial charge >= 0.3 is 5.97 Å². The van der Waals surface area contributed by atoms with Gasteiger partial charge in [-0.3, -0.25) is 4.79 Å². The summed E-state index contributed by atoms with van der Waals surface area (Å²) >= 11 is 0. The molecule has 11 N–H and O–H groups in total. The highest BCUT2D eigenvalue weighted by Gasteiger charge is 2.69. The summed E-state index contributed by atoms with van der Waals surface area (Å²) in [5, 5.41) is 115. The van der Waals surface area contributed by atoms with Crippen molar-refractivity contribution in [1.29, 1.82) is 0 Å². The molecule has 8 rings (SSSR count). The smallest absolute Gasteiger partial charge is 0.311 e. The summed E-state index contributed by atoms with van der Waals surface area (Å²) < 4.78 is 34.9. The van der Waals surface area contributed by atoms with E-state index < -0.39 is 123 Å². The first-order valence-corrected chi connectivity index (χ1v) is 23.9. The van der Waals surface area contributed by atoms with Crippen LogP contribution in [0.25, 0.3) is 0 Å². The van der Waals surface area contributed by atoms with Crippen molar-refractivity contribution in [2.24, 2.45) is 56.7 Å². The maximum Gasteiger partial charge on any atom is 0.311 e. The molecule has 3 heterocycles. The van der Waals surface area contributed by atoms with Crippen LogP contribution in [0.4, 0.5) is 0 Å². The van der Waals surface area contributed by atoms with Gasteiger partial charge in [-0.1, -0.05) is 53.2 Å². The fourth-order valence-electron chi connectivity index (χ4n) is 14.9. The topological polar surface area (TPSA) is 295 Å². The molecule has 0 aromatic heterocycles. The van der Waals surface area contributed by atoms with Gasteiger partial charge in [-0.15, -0.1) is 0 Å². The molecule has 18 nitrogen and oxygen atoms in total. The lowest BCUT2D eigenvalue weighted by Crippen LogP contribution is -2.66. The molecule has 372 valence electrons. The van der Waals surface area contributed by atoms with Crippen LogP contribution in [0.2, 0.25) is 0 Å². The number of aliphatic hydroxyl groups excluding tert-OH is 11. The van der Waals surface area contributed by atoms with Crippen LogP contribution in [0.5, 0.6) is 0 Å². The third kappa shape index (κ3) is 8.18. The van der Waals surface area contributed by atoms with Crippen LogP contribution < -0.4 is 0 Å². The fraction of sp³-hybridized carbons (Fsp3) is 0.936. The Morgan fingerprint density at radius 3 is 2.03 bits per heavy atom. The SMILES string of the molecule is CC1(C)C[C@@H](C(=O)O[C@H]2O[C@@H](CO[C@@H]3O[C@H](CO)[C@@H](O)[C@H](O)[C@@H]3O)[C@H](O)[C@@H](O)[C@@H]2O)[C@@H]2CC[C@@]3(C)C(=CC[C@@H]4[C@]5(C)CC[C@H](O[C@@H]6OC[C@@H](O)[C@H](O)[C@@H]6O)[C@@](C)(CO)[C@@H]5CC[C@@]43C)[C@@H]2C1. The molecule has 4 saturated carbocycles. The molecule has 0 bridgehead atoms. The van der Waals surface area contributed by atoms with E-state index in [4.69, 9.17) is 28.4 Å². The lowest BCUT2D eigenvalue weighted by molar-refractivity contribution is -0.327. The van der Waals surface area contributed by atoms with E-state index in [2.05, 4.69) is 47.6 Å². The van der Waals surface area contributed by atoms with Crippen LogP contribution in [0.3, 0.4) is 0 Å². The number of carbonyl (C=O) groups is 1. The summed E-state index contributed by atoms with van der Waals surface area (Å²) in [6.07, 6.45) is -12.2. The third-order valence-electron chi connectivity index (χ3n) is 18.8. The minimum Gasteiger partial charge on any atom is -0.432 e. The summed E-state index contributed by atoms with van der Waals surface area (Å²) in [4.78, 5) is 14.4. The second-order valence-electron chi connectivity index (χ2n) is 22.8. The van der Waals surface area contributed by atoms with Crippen LogP contribution in [0.1, 0.15) is 99.3 Å². The molecule has 24 atom stereocenters. The van der Waals surface area contributed by atoms with E-state index in [9.17, 15) is 61.0 Å². The molecule has 3 saturated heterocycles. The Labute approximate surface area is 380 Å². The molecule has 0 amide bonds. The number of rotatable bonds is 9. The molecule has 5 aliphatic carbocycles. The van der Waals surface area contributed by atoms with Crippen molar-refractivity contribution >= 4 is 5.97 Å². The van der Waals surface area contributed by atoms with Gasteiger partial charge in [-0.2, -0.15) is 0 Å². The highest BCUT2D eigenvalue weighted by molar-refractivity contribution is 5.73. The molecule has 0 spiro atoms. The lowest BCUT2D eigenvalue weighted by atomic mass is 9.34. The van der Waals surface area contributed by atoms with E-state index in [0.29, 0.717) is 12.8 Å². The molecular weight excluding hydrogens is 852 g/mol. The highest BCUT2D eigenvalue weighted by Crippen LogP contribution is 2.75. The van der Waals surface area contributed by atoms with E-state index in [1.165, 1.54) is 5.57 Å². The minimum atomic E-state index is -1.80. The van der Waals surface area contributed by atoms with E-state index in [1.54, 1.807) is 0 Å². The zero-order valence-corrected chi connectivity index (χ0v) is 38.6. The molecule has 0 radical (unpaired) electrons. The van der Waals surface area contributed by atoms with Gasteiger partial charge in [0.05, 0.1) is 38.4 Å². The molecule has 3 aliphatic heterocycles. The predicted molar refractivity (Wildman–Crippen MR) is 226 cm³/mol. The highest BCUT2D eigenvalue weighted by atomic mass is 16.7. The quantitative estimate of drug-likeness (QED) is 0.0797. The maximum atomic E-state index is 14.4. The summed E-state index contributed by atoms with van der Waals surface area (Å²) in [5.41, 5.74) is -0.0126. The average Bonchev–Trinajstić information content (AvgIpc) is 3.26. The number of ether oxygens (including phenoxy) is 6. The number of esters is 1. The number of carbonyl (C=O) groups excluding carboxylic acids is 1. The molecule has 8 aliphatic rings. The number of allylic oxidation sites excluding steroid dienone is 2. The van der Waals surface area contributed by atoms with Crippen LogP contribution in [-0.4, -0.2) is 181 Å². The van der Waals surface area contributed by atoms with Crippen molar-refractivity contribution in [2.75, 3.05) is 26.4 Å². The van der Waals surface area contributed by atoms with Crippen LogP contribution in [-0.2, 0) is 33.2 Å². The number of aliphatic hydroxyl groups is 11. The summed E-state index contributed by atoms with van der Waals surface area (Å²) in [5.74, 6) is -0.762. The van der Waals surface area contributed by atoms with Gasteiger partial charge in [0.2, 0.25) is 6.29 Å². The molecule has 0 aromatic carbocycles. The zero-order valence-electron chi connectivity index (χ0n) is 38.6. The van der Waals surface area contributed by atoms with Crippen molar-refractivity contribution in [2.45, 2.75) is 191 Å². The average molecular weight is 929 g/mol. The first kappa shape index (κ1) is 50.0. The Hall–Kier alpha value is -1.43. The van der Waals surface area contributed by atoms with Gasteiger partial charge in [0, 0.05) is 5.41 Å². The van der Waals surface area contributed by atoms with E-state index in [1.807, 2.05) is 0 Å². The van der Waals surface area contributed by atoms with Gasteiger partial charge in [-0.25, -0.2) is 0 Å². The second-order valence-corrected chi connectivity index (χ2v) is 22.8. The molecule has 0 unspecified atom stereocenters. The van der Waals surface area contributed by atoms with Crippen molar-refractivity contribution in [3.63, 3.8) is 0 Å². The number of hydrogen-bond acceptors (Lipinski definition) is 18. The van der Waals surface area contributed by atoms with Crippen LogP contribution in [0, 0.1) is 56.7 Å². The monoisotopic (exact) mass is 929 g/mol. The van der Waals surface area contributed by atoms with Crippen molar-refractivity contribution in [3.8, 4) is 0 Å². The lowest BCUT2D eigenvalue weighted by Gasteiger charge is -2.71. The molecule has 65 heavy (non-hydrogen) atoms. The number of hydrogen-bond donors (Lipinski definition) is 11. The predicted octanol–water partition coefficient (Wildman–Crippen LogP) is -0.392. The maximum absolute atomic E-state index is 14.4. The van der Waals surface area contributed by atoms with E-state index >= 15 is 0 Å². The standard InChI is InChI=1S/C47H76O18/c1-43(2)15-22-21(23(16-43)39(59)65-42-38(58)35(55)33(53)27(63-42)19-61-40-37(57)34(54)32(52)26(17-48)62-40)9-13-46(5)24(22)7-8-29-44(3)12-11-30(64-41-36(56)31(51)25(50)18-60-41)45(4,20-49)28(44)10-14-47(29,46)6/h7,21-23,25-38,40-42,48-58H,8-20H2,1-6H3/t21-,22-,23-,25-,26-,27+,28-,29-,30+,31+,32-,33+,34+,35-,36+,37+,38+,40-,41+,42-,44-,45+,46+,47+/m1/s1. The van der Waals surface area contributed by atoms with Gasteiger partial charge < -0.3 is 84.6 Å². The van der Waals surface area contributed by atoms with Crippen LogP contribution >= 0.6 is 0 Å². The van der Waals surface area contributed by atoms with Gasteiger partial charge in [-0.05, 0) is 103 Å². The summed E-state index contributed by atoms with van der Waals surface area (Å²) in [6, 6.07) is 0. The summed E-state index contributed by atoms with van der Waals surface area (Å²) in [6.45, 7) is 12.1. The molecular formula is C47H76O18. The Morgan fingerprint density at radius 2 is 1.35 bits per heavy atom. The Bertz CT molecular complexity index is 1750. The second kappa shape index (κ2) is 18.1. The van der Waals surface area contributed by atoms with Gasteiger partial charge in [0.25, 0.3) is 0 Å². The van der Waals surface area contributed by atoms with Crippen molar-refractivity contribution < 1.29 is 89.4 Å². The fourth-order valence-corrected chi connectivity index (χ4v) is 14.9. The van der Waals surface area contributed by atoms with Crippen molar-refractivity contribution in [3.05, 3.63) is 11.6 Å². The van der Waals surface area contributed by atoms with Crippen LogP contribution in [0.15, 0.2) is 11.6 Å². The molecule has 0 aromatic rings. The Kier molecular flexibility index (Phi) is 13.9. The first-order valence-electron chi connectivity index (χ1n) is 23.9. The Balaban J connectivity index is 0.980. The minimum absolute atomic E-state index is 0.0641. The molecule has 18 heteroatoms. The number of fused-ring (bicyclic) bond motifs is 7. The Morgan fingerprint density at radius 1 is 0.708 bits per heavy atom. The largest absolute Gasteiger partial charge is 0.432 e. The summed E-state index contributed by atoms with van der Waals surface area (Å²) in [7, 11) is 0. The van der Waals surface area contributed by atoms with Gasteiger partial charge in [0.15, 0.2) is 12.6 Å². The first-order chi connectivity index (χ1) is 30.5. The normalized spacial score (nSPS) is 54.3. The zero-order chi connectivity index (χ0) is 47.3. The van der Waals surface area contributed by atoms with E-state index in [0.717, 1.165) is 44.9 Å². The van der Waals surface area contributed by atoms with Gasteiger partial charge in [0.1, 0.15) is 67.1 Å². The van der Waals surface area contributed by atoms with E-state index in [-0.39, 0.29) is 58.5 Å². The third-order valence-corrected chi connectivity index (χ3v) is 18.8.